The van der Waals surface area contributed by atoms with Gasteiger partial charge in [-0.1, -0.05) is 13.3 Å². The molecule has 2 rings (SSSR count). The third-order valence-corrected chi connectivity index (χ3v) is 7.18. The Labute approximate surface area is 189 Å². The van der Waals surface area contributed by atoms with Crippen LogP contribution in [0.15, 0.2) is 29.2 Å². The first-order chi connectivity index (χ1) is 15.2. The first-order valence-corrected chi connectivity index (χ1v) is 12.4. The molecule has 1 heterocycles. The number of hydrogen-bond donors (Lipinski definition) is 1. The normalized spacial score (nSPS) is 16.2. The maximum atomic E-state index is 12.9. The number of hydrogen-bond acceptors (Lipinski definition) is 7. The molecular formula is C22H32N2O7S. The van der Waals surface area contributed by atoms with Crippen molar-refractivity contribution in [3.63, 3.8) is 0 Å². The van der Waals surface area contributed by atoms with Gasteiger partial charge in [0.25, 0.3) is 5.91 Å². The van der Waals surface area contributed by atoms with Crippen LogP contribution in [0.3, 0.4) is 0 Å². The zero-order chi connectivity index (χ0) is 23.7. The summed E-state index contributed by atoms with van der Waals surface area (Å²) < 4.78 is 37.1. The van der Waals surface area contributed by atoms with Gasteiger partial charge in [0, 0.05) is 19.1 Å². The summed E-state index contributed by atoms with van der Waals surface area (Å²) in [5.74, 6) is -1.79. The largest absolute Gasteiger partial charge is 0.462 e. The number of piperidine rings is 1. The minimum absolute atomic E-state index is 0.0194. The van der Waals surface area contributed by atoms with Gasteiger partial charge < -0.3 is 14.8 Å². The fraction of sp³-hybridized carbons (Fsp3) is 0.591. The summed E-state index contributed by atoms with van der Waals surface area (Å²) >= 11 is 0. The number of ether oxygens (including phenoxy) is 2. The number of rotatable bonds is 10. The molecule has 0 bridgehead atoms. The van der Waals surface area contributed by atoms with E-state index >= 15 is 0 Å². The van der Waals surface area contributed by atoms with Gasteiger partial charge in [0.05, 0.1) is 23.0 Å². The van der Waals surface area contributed by atoms with Crippen LogP contribution in [-0.2, 0) is 29.1 Å². The Hall–Kier alpha value is -2.46. The van der Waals surface area contributed by atoms with Gasteiger partial charge in [0.15, 0.2) is 6.61 Å². The Morgan fingerprint density at radius 1 is 1.09 bits per heavy atom. The number of nitrogens with one attached hydrogen (secondary N) is 1. The quantitative estimate of drug-likeness (QED) is 0.522. The van der Waals surface area contributed by atoms with Crippen molar-refractivity contribution in [1.29, 1.82) is 0 Å². The highest BCUT2D eigenvalue weighted by atomic mass is 32.2. The third kappa shape index (κ3) is 7.03. The van der Waals surface area contributed by atoms with Crippen molar-refractivity contribution < 1.29 is 32.3 Å². The first kappa shape index (κ1) is 25.8. The maximum absolute atomic E-state index is 12.9. The predicted molar refractivity (Wildman–Crippen MR) is 117 cm³/mol. The summed E-state index contributed by atoms with van der Waals surface area (Å²) in [6.07, 6.45) is 2.41. The Bertz CT molecular complexity index is 891. The number of esters is 2. The lowest BCUT2D eigenvalue weighted by molar-refractivity contribution is -0.153. The highest BCUT2D eigenvalue weighted by molar-refractivity contribution is 7.89. The summed E-state index contributed by atoms with van der Waals surface area (Å²) in [4.78, 5) is 35.9. The molecule has 9 nitrogen and oxygen atoms in total. The Morgan fingerprint density at radius 2 is 1.72 bits per heavy atom. The lowest BCUT2D eigenvalue weighted by atomic mass is 9.98. The van der Waals surface area contributed by atoms with Crippen LogP contribution in [0, 0.1) is 5.92 Å². The van der Waals surface area contributed by atoms with Crippen LogP contribution in [0.1, 0.15) is 56.8 Å². The first-order valence-electron chi connectivity index (χ1n) is 10.9. The van der Waals surface area contributed by atoms with E-state index in [1.54, 1.807) is 6.92 Å². The van der Waals surface area contributed by atoms with Gasteiger partial charge in [-0.25, -0.2) is 13.2 Å². The molecule has 1 N–H and O–H groups in total. The van der Waals surface area contributed by atoms with Crippen LogP contribution < -0.4 is 5.32 Å². The molecule has 32 heavy (non-hydrogen) atoms. The molecule has 10 heteroatoms. The summed E-state index contributed by atoms with van der Waals surface area (Å²) in [5.41, 5.74) is 0.278. The predicted octanol–water partition coefficient (Wildman–Crippen LogP) is 2.11. The summed E-state index contributed by atoms with van der Waals surface area (Å²) in [6, 6.07) is 5.61. The van der Waals surface area contributed by atoms with E-state index in [1.165, 1.54) is 28.6 Å². The molecule has 0 aliphatic carbocycles. The lowest BCUT2D eigenvalue weighted by Gasteiger charge is -2.30. The van der Waals surface area contributed by atoms with Crippen molar-refractivity contribution in [3.8, 4) is 0 Å². The average Bonchev–Trinajstić information content (AvgIpc) is 2.78. The Kier molecular flexibility index (Phi) is 9.64. The smallest absolute Gasteiger partial charge is 0.338 e. The highest BCUT2D eigenvalue weighted by Gasteiger charge is 2.33. The second-order valence-corrected chi connectivity index (χ2v) is 9.73. The van der Waals surface area contributed by atoms with Gasteiger partial charge in [-0.3, -0.25) is 9.59 Å². The zero-order valence-electron chi connectivity index (χ0n) is 18.8. The maximum Gasteiger partial charge on any atom is 0.338 e. The molecule has 1 fully saturated rings. The molecule has 1 amide bonds. The molecule has 0 saturated carbocycles. The van der Waals surface area contributed by atoms with E-state index in [0.29, 0.717) is 12.8 Å². The molecule has 1 aliphatic rings. The fourth-order valence-electron chi connectivity index (χ4n) is 3.53. The van der Waals surface area contributed by atoms with E-state index in [0.717, 1.165) is 12.8 Å². The van der Waals surface area contributed by atoms with Crippen LogP contribution in [-0.4, -0.2) is 62.9 Å². The number of nitrogens with zero attached hydrogens (tertiary/aromatic N) is 1. The number of sulfonamides is 1. The van der Waals surface area contributed by atoms with Crippen molar-refractivity contribution in [1.82, 2.24) is 9.62 Å². The monoisotopic (exact) mass is 468 g/mol. The number of carbonyl (C=O) groups is 3. The van der Waals surface area contributed by atoms with E-state index in [2.05, 4.69) is 5.32 Å². The summed E-state index contributed by atoms with van der Waals surface area (Å²) in [7, 11) is -3.75. The van der Waals surface area contributed by atoms with Gasteiger partial charge in [0.2, 0.25) is 10.0 Å². The van der Waals surface area contributed by atoms with E-state index < -0.39 is 27.9 Å². The number of carbonyl (C=O) groups excluding carboxylic acids is 3. The average molecular weight is 469 g/mol. The minimum atomic E-state index is -3.75. The molecule has 1 aromatic carbocycles. The molecule has 1 saturated heterocycles. The standard InChI is InChI=1S/C22H32N2O7S/c1-4-6-16(3)23-20(25)15-31-22(27)18-11-13-24(14-12-18)32(28,29)19-9-7-17(8-10-19)21(26)30-5-2/h7-10,16,18H,4-6,11-15H2,1-3H3,(H,23,25). The second-order valence-electron chi connectivity index (χ2n) is 7.79. The van der Waals surface area contributed by atoms with Crippen molar-refractivity contribution in [2.24, 2.45) is 5.92 Å². The van der Waals surface area contributed by atoms with E-state index in [9.17, 15) is 22.8 Å². The topological polar surface area (TPSA) is 119 Å². The zero-order valence-corrected chi connectivity index (χ0v) is 19.7. The van der Waals surface area contributed by atoms with Crippen LogP contribution in [0.4, 0.5) is 0 Å². The van der Waals surface area contributed by atoms with Crippen molar-refractivity contribution in [2.75, 3.05) is 26.3 Å². The fourth-order valence-corrected chi connectivity index (χ4v) is 5.00. The Morgan fingerprint density at radius 3 is 2.28 bits per heavy atom. The molecule has 0 aromatic heterocycles. The molecule has 1 atom stereocenters. The van der Waals surface area contributed by atoms with Crippen LogP contribution >= 0.6 is 0 Å². The van der Waals surface area contributed by atoms with E-state index in [1.807, 2.05) is 13.8 Å². The van der Waals surface area contributed by atoms with Crippen molar-refractivity contribution >= 4 is 27.9 Å². The van der Waals surface area contributed by atoms with E-state index in [4.69, 9.17) is 9.47 Å². The Balaban J connectivity index is 1.86. The second kappa shape index (κ2) is 12.0. The van der Waals surface area contributed by atoms with Crippen molar-refractivity contribution in [3.05, 3.63) is 29.8 Å². The molecule has 1 aromatic rings. The van der Waals surface area contributed by atoms with Gasteiger partial charge in [0.1, 0.15) is 0 Å². The van der Waals surface area contributed by atoms with Crippen LogP contribution in [0.25, 0.3) is 0 Å². The molecule has 178 valence electrons. The van der Waals surface area contributed by atoms with E-state index in [-0.39, 0.29) is 48.7 Å². The molecule has 1 unspecified atom stereocenters. The molecular weight excluding hydrogens is 436 g/mol. The van der Waals surface area contributed by atoms with Gasteiger partial charge in [-0.05, 0) is 57.4 Å². The number of benzene rings is 1. The van der Waals surface area contributed by atoms with Crippen molar-refractivity contribution in [2.45, 2.75) is 57.4 Å². The van der Waals surface area contributed by atoms with Crippen LogP contribution in [0.5, 0.6) is 0 Å². The van der Waals surface area contributed by atoms with Crippen LogP contribution in [0.2, 0.25) is 0 Å². The summed E-state index contributed by atoms with van der Waals surface area (Å²) in [5, 5.41) is 2.77. The number of amides is 1. The van der Waals surface area contributed by atoms with Gasteiger partial charge in [-0.2, -0.15) is 4.31 Å². The van der Waals surface area contributed by atoms with Gasteiger partial charge >= 0.3 is 11.9 Å². The SMILES string of the molecule is CCCC(C)NC(=O)COC(=O)C1CCN(S(=O)(=O)c2ccc(C(=O)OCC)cc2)CC1. The third-order valence-electron chi connectivity index (χ3n) is 5.27. The minimum Gasteiger partial charge on any atom is -0.462 e. The lowest BCUT2D eigenvalue weighted by Crippen LogP contribution is -2.41. The highest BCUT2D eigenvalue weighted by Crippen LogP contribution is 2.25. The van der Waals surface area contributed by atoms with Gasteiger partial charge in [-0.15, -0.1) is 0 Å². The molecule has 1 aliphatic heterocycles. The molecule has 0 spiro atoms. The molecule has 0 radical (unpaired) electrons. The summed E-state index contributed by atoms with van der Waals surface area (Å²) in [6.45, 7) is 5.84.